The number of aliphatic hydroxyl groups excluding tert-OH is 1. The Labute approximate surface area is 132 Å². The van der Waals surface area contributed by atoms with Gasteiger partial charge >= 0.3 is 0 Å². The van der Waals surface area contributed by atoms with Crippen LogP contribution in [0.4, 0.5) is 5.69 Å². The maximum Gasteiger partial charge on any atom is 0.252 e. The number of aliphatic hydroxyl groups is 1. The Hall–Kier alpha value is -2.24. The van der Waals surface area contributed by atoms with Gasteiger partial charge in [-0.3, -0.25) is 4.79 Å². The van der Waals surface area contributed by atoms with E-state index in [2.05, 4.69) is 16.4 Å². The number of fused-ring (bicyclic) bond motifs is 1. The predicted octanol–water partition coefficient (Wildman–Crippen LogP) is 3.21. The Morgan fingerprint density at radius 3 is 2.64 bits per heavy atom. The molecule has 0 aliphatic carbocycles. The van der Waals surface area contributed by atoms with Gasteiger partial charge in [0.05, 0.1) is 15.2 Å². The molecule has 3 aromatic rings. The van der Waals surface area contributed by atoms with Gasteiger partial charge in [-0.25, -0.2) is 4.98 Å². The van der Waals surface area contributed by atoms with Gasteiger partial charge < -0.3 is 10.4 Å². The molecule has 1 heterocycles. The minimum atomic E-state index is -1.01. The quantitative estimate of drug-likeness (QED) is 0.777. The fourth-order valence-electron chi connectivity index (χ4n) is 2.12. The number of nitrogens with one attached hydrogen (secondary N) is 1. The summed E-state index contributed by atoms with van der Waals surface area (Å²) in [7, 11) is 0. The molecule has 0 saturated heterocycles. The van der Waals surface area contributed by atoms with E-state index in [1.54, 1.807) is 11.3 Å². The first-order valence-electron chi connectivity index (χ1n) is 7.04. The topological polar surface area (TPSA) is 62.2 Å². The van der Waals surface area contributed by atoms with Crippen molar-refractivity contribution in [1.82, 2.24) is 4.98 Å². The molecular formula is C17H16N2O2S. The van der Waals surface area contributed by atoms with Crippen molar-refractivity contribution >= 4 is 33.1 Å². The zero-order chi connectivity index (χ0) is 15.5. The SMILES string of the molecule is CC(O)C(=O)Nc1ccc(Cc2nc3ccccc3s2)cc1. The number of aromatic nitrogens is 1. The summed E-state index contributed by atoms with van der Waals surface area (Å²) in [6.07, 6.45) is -0.244. The summed E-state index contributed by atoms with van der Waals surface area (Å²) in [5, 5.41) is 12.9. The molecule has 1 atom stereocenters. The van der Waals surface area contributed by atoms with Crippen LogP contribution in [0.3, 0.4) is 0 Å². The molecule has 4 nitrogen and oxygen atoms in total. The third-order valence-electron chi connectivity index (χ3n) is 3.29. The smallest absolute Gasteiger partial charge is 0.252 e. The molecule has 1 amide bonds. The Morgan fingerprint density at radius 1 is 1.23 bits per heavy atom. The third-order valence-corrected chi connectivity index (χ3v) is 4.33. The minimum absolute atomic E-state index is 0.404. The van der Waals surface area contributed by atoms with Crippen molar-refractivity contribution in [1.29, 1.82) is 0 Å². The maximum absolute atomic E-state index is 11.4. The second kappa shape index (κ2) is 6.25. The van der Waals surface area contributed by atoms with Gasteiger partial charge in [0.25, 0.3) is 5.91 Å². The molecule has 112 valence electrons. The van der Waals surface area contributed by atoms with Crippen LogP contribution in [0, 0.1) is 0 Å². The lowest BCUT2D eigenvalue weighted by atomic mass is 10.1. The highest BCUT2D eigenvalue weighted by molar-refractivity contribution is 7.18. The normalized spacial score (nSPS) is 12.3. The number of para-hydroxylation sites is 1. The lowest BCUT2D eigenvalue weighted by Crippen LogP contribution is -2.24. The van der Waals surface area contributed by atoms with Crippen molar-refractivity contribution in [2.24, 2.45) is 0 Å². The van der Waals surface area contributed by atoms with Gasteiger partial charge in [0.1, 0.15) is 6.10 Å². The monoisotopic (exact) mass is 312 g/mol. The van der Waals surface area contributed by atoms with Crippen LogP contribution in [0.25, 0.3) is 10.2 Å². The number of hydrogen-bond acceptors (Lipinski definition) is 4. The third kappa shape index (κ3) is 3.32. The van der Waals surface area contributed by atoms with Crippen LogP contribution in [-0.4, -0.2) is 22.1 Å². The minimum Gasteiger partial charge on any atom is -0.384 e. The summed E-state index contributed by atoms with van der Waals surface area (Å²) < 4.78 is 1.19. The molecule has 0 bridgehead atoms. The average Bonchev–Trinajstić information content (AvgIpc) is 2.91. The number of hydrogen-bond donors (Lipinski definition) is 2. The summed E-state index contributed by atoms with van der Waals surface area (Å²) in [6.45, 7) is 1.44. The zero-order valence-electron chi connectivity index (χ0n) is 12.1. The molecule has 0 saturated carbocycles. The van der Waals surface area contributed by atoms with Gasteiger partial charge in [0.15, 0.2) is 0 Å². The van der Waals surface area contributed by atoms with Crippen LogP contribution < -0.4 is 5.32 Å². The lowest BCUT2D eigenvalue weighted by Gasteiger charge is -2.07. The summed E-state index contributed by atoms with van der Waals surface area (Å²) >= 11 is 1.70. The van der Waals surface area contributed by atoms with E-state index in [0.29, 0.717) is 5.69 Å². The summed E-state index contributed by atoms with van der Waals surface area (Å²) in [6, 6.07) is 15.7. The predicted molar refractivity (Wildman–Crippen MR) is 89.2 cm³/mol. The van der Waals surface area contributed by atoms with Gasteiger partial charge in [-0.15, -0.1) is 11.3 Å². The molecule has 1 unspecified atom stereocenters. The van der Waals surface area contributed by atoms with Crippen LogP contribution in [0.1, 0.15) is 17.5 Å². The van der Waals surface area contributed by atoms with E-state index >= 15 is 0 Å². The number of carbonyl (C=O) groups excluding carboxylic acids is 1. The Bertz CT molecular complexity index is 761. The first kappa shape index (κ1) is 14.7. The van der Waals surface area contributed by atoms with Crippen molar-refractivity contribution < 1.29 is 9.90 Å². The van der Waals surface area contributed by atoms with Crippen LogP contribution >= 0.6 is 11.3 Å². The zero-order valence-corrected chi connectivity index (χ0v) is 12.9. The first-order valence-corrected chi connectivity index (χ1v) is 7.86. The number of carbonyl (C=O) groups is 1. The van der Waals surface area contributed by atoms with Crippen molar-refractivity contribution in [3.63, 3.8) is 0 Å². The van der Waals surface area contributed by atoms with E-state index < -0.39 is 12.0 Å². The molecule has 0 spiro atoms. The van der Waals surface area contributed by atoms with Crippen molar-refractivity contribution in [2.75, 3.05) is 5.32 Å². The van der Waals surface area contributed by atoms with E-state index in [0.717, 1.165) is 22.5 Å². The number of rotatable bonds is 4. The molecule has 0 radical (unpaired) electrons. The van der Waals surface area contributed by atoms with E-state index in [1.165, 1.54) is 11.6 Å². The number of benzene rings is 2. The highest BCUT2D eigenvalue weighted by atomic mass is 32.1. The van der Waals surface area contributed by atoms with E-state index in [1.807, 2.05) is 42.5 Å². The van der Waals surface area contributed by atoms with Gasteiger partial charge in [-0.1, -0.05) is 24.3 Å². The van der Waals surface area contributed by atoms with Crippen LogP contribution in [0.15, 0.2) is 48.5 Å². The molecule has 0 fully saturated rings. The average molecular weight is 312 g/mol. The Morgan fingerprint density at radius 2 is 1.95 bits per heavy atom. The highest BCUT2D eigenvalue weighted by Crippen LogP contribution is 2.24. The highest BCUT2D eigenvalue weighted by Gasteiger charge is 2.09. The van der Waals surface area contributed by atoms with Gasteiger partial charge in [0, 0.05) is 12.1 Å². The Balaban J connectivity index is 1.71. The van der Waals surface area contributed by atoms with Gasteiger partial charge in [-0.2, -0.15) is 0 Å². The standard InChI is InChI=1S/C17H16N2O2S/c1-11(20)17(21)18-13-8-6-12(7-9-13)10-16-19-14-4-2-3-5-15(14)22-16/h2-9,11,20H,10H2,1H3,(H,18,21). The number of anilines is 1. The van der Waals surface area contributed by atoms with Gasteiger partial charge in [0.2, 0.25) is 0 Å². The van der Waals surface area contributed by atoms with Crippen LogP contribution in [-0.2, 0) is 11.2 Å². The molecule has 2 N–H and O–H groups in total. The molecular weight excluding hydrogens is 296 g/mol. The first-order chi connectivity index (χ1) is 10.6. The van der Waals surface area contributed by atoms with E-state index in [9.17, 15) is 9.90 Å². The molecule has 0 aliphatic heterocycles. The lowest BCUT2D eigenvalue weighted by molar-refractivity contribution is -0.123. The summed E-state index contributed by atoms with van der Waals surface area (Å²) in [4.78, 5) is 16.0. The van der Waals surface area contributed by atoms with Crippen LogP contribution in [0.5, 0.6) is 0 Å². The van der Waals surface area contributed by atoms with Crippen molar-refractivity contribution in [2.45, 2.75) is 19.4 Å². The summed E-state index contributed by atoms with van der Waals surface area (Å²) in [5.41, 5.74) is 2.84. The summed E-state index contributed by atoms with van der Waals surface area (Å²) in [5.74, 6) is -0.404. The van der Waals surface area contributed by atoms with E-state index in [4.69, 9.17) is 0 Å². The fraction of sp³-hybridized carbons (Fsp3) is 0.176. The molecule has 22 heavy (non-hydrogen) atoms. The largest absolute Gasteiger partial charge is 0.384 e. The number of amides is 1. The van der Waals surface area contributed by atoms with Crippen molar-refractivity contribution in [3.8, 4) is 0 Å². The van der Waals surface area contributed by atoms with Crippen molar-refractivity contribution in [3.05, 3.63) is 59.1 Å². The molecule has 2 aromatic carbocycles. The second-order valence-electron chi connectivity index (χ2n) is 5.11. The molecule has 1 aromatic heterocycles. The number of nitrogens with zero attached hydrogens (tertiary/aromatic N) is 1. The molecule has 3 rings (SSSR count). The second-order valence-corrected chi connectivity index (χ2v) is 6.23. The molecule has 5 heteroatoms. The maximum atomic E-state index is 11.4. The van der Waals surface area contributed by atoms with E-state index in [-0.39, 0.29) is 0 Å². The number of thiazole rings is 1. The Kier molecular flexibility index (Phi) is 4.18. The van der Waals surface area contributed by atoms with Gasteiger partial charge in [-0.05, 0) is 36.8 Å². The molecule has 0 aliphatic rings. The van der Waals surface area contributed by atoms with Crippen LogP contribution in [0.2, 0.25) is 0 Å². The fourth-order valence-corrected chi connectivity index (χ4v) is 3.12.